The number of aromatic hydroxyl groups is 1. The van der Waals surface area contributed by atoms with Crippen LogP contribution in [0.15, 0.2) is 12.1 Å². The van der Waals surface area contributed by atoms with Gasteiger partial charge in [0.05, 0.1) is 19.8 Å². The lowest BCUT2D eigenvalue weighted by molar-refractivity contribution is -0.138. The van der Waals surface area contributed by atoms with Crippen LogP contribution in [-0.2, 0) is 0 Å². The van der Waals surface area contributed by atoms with Crippen LogP contribution in [0.4, 0.5) is 13.2 Å². The molecule has 1 saturated heterocycles. The second kappa shape index (κ2) is 7.94. The maximum atomic E-state index is 12.8. The van der Waals surface area contributed by atoms with Crippen molar-refractivity contribution in [3.05, 3.63) is 17.7 Å². The van der Waals surface area contributed by atoms with Crippen LogP contribution in [0, 0.1) is 0 Å². The van der Waals surface area contributed by atoms with Crippen LogP contribution in [0.2, 0.25) is 0 Å². The summed E-state index contributed by atoms with van der Waals surface area (Å²) in [6.07, 6.45) is -5.31. The molecule has 1 fully saturated rings. The van der Waals surface area contributed by atoms with Gasteiger partial charge in [-0.2, -0.15) is 13.2 Å². The number of methoxy groups -OCH3 is 2. The number of nitrogens with one attached hydrogen (secondary N) is 1. The van der Waals surface area contributed by atoms with E-state index in [1.165, 1.54) is 20.3 Å². The Morgan fingerprint density at radius 2 is 1.88 bits per heavy atom. The molecule has 0 radical (unpaired) electrons. The van der Waals surface area contributed by atoms with Crippen molar-refractivity contribution in [2.45, 2.75) is 25.1 Å². The first-order valence-electron chi connectivity index (χ1n) is 7.82. The molecule has 0 aromatic heterocycles. The fraction of sp³-hybridized carbons (Fsp3) is 0.625. The molecule has 0 aliphatic carbocycles. The summed E-state index contributed by atoms with van der Waals surface area (Å²) in [5.41, 5.74) is 0.379. The quantitative estimate of drug-likeness (QED) is 0.828. The molecule has 0 amide bonds. The smallest absolute Gasteiger partial charge is 0.389 e. The van der Waals surface area contributed by atoms with Crippen molar-refractivity contribution in [2.75, 3.05) is 40.4 Å². The van der Waals surface area contributed by atoms with E-state index in [-0.39, 0.29) is 12.2 Å². The highest BCUT2D eigenvalue weighted by atomic mass is 19.4. The third-order valence-corrected chi connectivity index (χ3v) is 4.18. The van der Waals surface area contributed by atoms with Crippen LogP contribution in [0.3, 0.4) is 0 Å². The lowest BCUT2D eigenvalue weighted by atomic mass is 9.97. The van der Waals surface area contributed by atoms with Crippen molar-refractivity contribution in [2.24, 2.45) is 0 Å². The van der Waals surface area contributed by atoms with Crippen LogP contribution in [0.1, 0.15) is 24.4 Å². The number of piperazine rings is 1. The van der Waals surface area contributed by atoms with Gasteiger partial charge >= 0.3 is 6.18 Å². The molecule has 0 bridgehead atoms. The van der Waals surface area contributed by atoms with Crippen molar-refractivity contribution in [1.82, 2.24) is 10.2 Å². The Hall–Kier alpha value is -1.67. The van der Waals surface area contributed by atoms with E-state index in [0.717, 1.165) is 0 Å². The summed E-state index contributed by atoms with van der Waals surface area (Å²) in [7, 11) is 2.88. The number of phenols is 1. The van der Waals surface area contributed by atoms with Gasteiger partial charge in [0.15, 0.2) is 0 Å². The summed E-state index contributed by atoms with van der Waals surface area (Å²) in [6.45, 7) is 2.61. The molecule has 24 heavy (non-hydrogen) atoms. The highest BCUT2D eigenvalue weighted by Crippen LogP contribution is 2.43. The zero-order valence-electron chi connectivity index (χ0n) is 13.8. The predicted octanol–water partition coefficient (Wildman–Crippen LogP) is 2.70. The van der Waals surface area contributed by atoms with E-state index in [9.17, 15) is 18.3 Å². The zero-order valence-corrected chi connectivity index (χ0v) is 13.8. The van der Waals surface area contributed by atoms with Gasteiger partial charge in [0.2, 0.25) is 0 Å². The maximum Gasteiger partial charge on any atom is 0.389 e. The van der Waals surface area contributed by atoms with Crippen LogP contribution < -0.4 is 14.8 Å². The van der Waals surface area contributed by atoms with Crippen LogP contribution in [0.5, 0.6) is 17.2 Å². The van der Waals surface area contributed by atoms with E-state index >= 15 is 0 Å². The number of ether oxygens (including phenoxy) is 2. The predicted molar refractivity (Wildman–Crippen MR) is 83.7 cm³/mol. The molecule has 0 spiro atoms. The van der Waals surface area contributed by atoms with E-state index < -0.39 is 18.6 Å². The highest BCUT2D eigenvalue weighted by Gasteiger charge is 2.34. The lowest BCUT2D eigenvalue weighted by Gasteiger charge is -2.36. The van der Waals surface area contributed by atoms with Gasteiger partial charge in [0.1, 0.15) is 17.2 Å². The molecule has 1 heterocycles. The normalized spacial score (nSPS) is 17.5. The molecule has 5 nitrogen and oxygen atoms in total. The summed E-state index contributed by atoms with van der Waals surface area (Å²) < 4.78 is 48.7. The maximum absolute atomic E-state index is 12.8. The van der Waals surface area contributed by atoms with E-state index in [1.807, 2.05) is 4.90 Å². The van der Waals surface area contributed by atoms with Gasteiger partial charge in [-0.25, -0.2) is 0 Å². The Labute approximate surface area is 139 Å². The molecule has 0 saturated carbocycles. The fourth-order valence-corrected chi connectivity index (χ4v) is 3.01. The number of nitrogens with zero attached hydrogens (tertiary/aromatic N) is 1. The summed E-state index contributed by atoms with van der Waals surface area (Å²) in [6, 6.07) is 2.41. The fourth-order valence-electron chi connectivity index (χ4n) is 3.01. The summed E-state index contributed by atoms with van der Waals surface area (Å²) in [5.74, 6) is 0.609. The molecular weight excluding hydrogens is 325 g/mol. The first-order valence-corrected chi connectivity index (χ1v) is 7.82. The van der Waals surface area contributed by atoms with Crippen molar-refractivity contribution in [3.8, 4) is 17.2 Å². The summed E-state index contributed by atoms with van der Waals surface area (Å²) in [5, 5.41) is 13.6. The van der Waals surface area contributed by atoms with Crippen molar-refractivity contribution in [3.63, 3.8) is 0 Å². The monoisotopic (exact) mass is 348 g/mol. The van der Waals surface area contributed by atoms with Gasteiger partial charge in [-0.15, -0.1) is 0 Å². The van der Waals surface area contributed by atoms with Gasteiger partial charge in [0.25, 0.3) is 0 Å². The molecule has 1 atom stereocenters. The first kappa shape index (κ1) is 18.7. The average Bonchev–Trinajstić information content (AvgIpc) is 2.55. The standard InChI is InChI=1S/C16H23F3N2O3/c1-23-11-9-13(22)15(14(10-11)24-2)12(3-4-16(17,18)19)21-7-5-20-6-8-21/h9-10,12,20,22H,3-8H2,1-2H3/t12-/m1/s1. The molecule has 0 unspecified atom stereocenters. The number of benzene rings is 1. The Balaban J connectivity index is 2.37. The summed E-state index contributed by atoms with van der Waals surface area (Å²) >= 11 is 0. The minimum Gasteiger partial charge on any atom is -0.507 e. The van der Waals surface area contributed by atoms with Crippen LogP contribution in [-0.4, -0.2) is 56.6 Å². The van der Waals surface area contributed by atoms with E-state index in [1.54, 1.807) is 6.07 Å². The number of rotatable bonds is 6. The molecule has 1 aliphatic rings. The second-order valence-corrected chi connectivity index (χ2v) is 5.72. The van der Waals surface area contributed by atoms with Gasteiger partial charge in [-0.3, -0.25) is 4.90 Å². The van der Waals surface area contributed by atoms with Crippen LogP contribution >= 0.6 is 0 Å². The number of phenolic OH excluding ortho intramolecular Hbond substituents is 1. The Kier molecular flexibility index (Phi) is 6.17. The van der Waals surface area contributed by atoms with E-state index in [2.05, 4.69) is 5.32 Å². The number of hydrogen-bond donors (Lipinski definition) is 2. The summed E-state index contributed by atoms with van der Waals surface area (Å²) in [4.78, 5) is 1.95. The molecule has 8 heteroatoms. The first-order chi connectivity index (χ1) is 11.4. The molecule has 1 aromatic rings. The molecular formula is C16H23F3N2O3. The highest BCUT2D eigenvalue weighted by molar-refractivity contribution is 5.51. The number of hydrogen-bond acceptors (Lipinski definition) is 5. The Bertz CT molecular complexity index is 546. The Morgan fingerprint density at radius 3 is 2.42 bits per heavy atom. The van der Waals surface area contributed by atoms with Crippen molar-refractivity contribution in [1.29, 1.82) is 0 Å². The third-order valence-electron chi connectivity index (χ3n) is 4.18. The molecule has 136 valence electrons. The van der Waals surface area contributed by atoms with Crippen molar-refractivity contribution < 1.29 is 27.8 Å². The molecule has 1 aromatic carbocycles. The van der Waals surface area contributed by atoms with Crippen molar-refractivity contribution >= 4 is 0 Å². The molecule has 2 rings (SSSR count). The van der Waals surface area contributed by atoms with Gasteiger partial charge in [-0.1, -0.05) is 0 Å². The zero-order chi connectivity index (χ0) is 17.7. The average molecular weight is 348 g/mol. The largest absolute Gasteiger partial charge is 0.507 e. The third kappa shape index (κ3) is 4.67. The van der Waals surface area contributed by atoms with Crippen LogP contribution in [0.25, 0.3) is 0 Å². The molecule has 2 N–H and O–H groups in total. The SMILES string of the molecule is COc1cc(O)c([C@@H](CCC(F)(F)F)N2CCNCC2)c(OC)c1. The Morgan fingerprint density at radius 1 is 1.21 bits per heavy atom. The lowest BCUT2D eigenvalue weighted by Crippen LogP contribution is -2.45. The number of alkyl halides is 3. The minimum absolute atomic E-state index is 0.114. The van der Waals surface area contributed by atoms with Gasteiger partial charge < -0.3 is 19.9 Å². The van der Waals surface area contributed by atoms with Gasteiger partial charge in [0, 0.05) is 50.8 Å². The number of halogens is 3. The topological polar surface area (TPSA) is 54.0 Å². The second-order valence-electron chi connectivity index (χ2n) is 5.72. The molecule has 1 aliphatic heterocycles. The van der Waals surface area contributed by atoms with E-state index in [0.29, 0.717) is 43.2 Å². The minimum atomic E-state index is -4.25. The van der Waals surface area contributed by atoms with E-state index in [4.69, 9.17) is 9.47 Å². The van der Waals surface area contributed by atoms with Gasteiger partial charge in [-0.05, 0) is 6.42 Å².